The van der Waals surface area contributed by atoms with Crippen LogP contribution >= 0.6 is 0 Å². The van der Waals surface area contributed by atoms with Crippen LogP contribution in [-0.2, 0) is 29.1 Å². The Morgan fingerprint density at radius 2 is 1.88 bits per heavy atom. The fraction of sp³-hybridized carbons (Fsp3) is 0.192. The predicted molar refractivity (Wildman–Crippen MR) is 121 cm³/mol. The maximum Gasteiger partial charge on any atom is 0.310 e. The van der Waals surface area contributed by atoms with Crippen molar-refractivity contribution in [2.45, 2.75) is 26.5 Å². The molecule has 4 aromatic rings. The topological polar surface area (TPSA) is 74.7 Å². The average molecular weight is 451 g/mol. The van der Waals surface area contributed by atoms with E-state index in [1.54, 1.807) is 13.0 Å². The number of nitrogens with two attached hydrogens (primary N) is 1. The highest BCUT2D eigenvalue weighted by atomic mass is 19.1. The van der Waals surface area contributed by atoms with Gasteiger partial charge in [-0.1, -0.05) is 24.3 Å². The summed E-state index contributed by atoms with van der Waals surface area (Å²) in [4.78, 5) is 11.9. The molecule has 0 aliphatic heterocycles. The summed E-state index contributed by atoms with van der Waals surface area (Å²) in [5.74, 6) is -0.663. The first-order chi connectivity index (χ1) is 16.0. The molecule has 5 nitrogen and oxygen atoms in total. The van der Waals surface area contributed by atoms with Gasteiger partial charge in [0.2, 0.25) is 0 Å². The third-order valence-corrected chi connectivity index (χ3v) is 5.18. The average Bonchev–Trinajstić information content (AvgIpc) is 3.18. The van der Waals surface area contributed by atoms with Gasteiger partial charge < -0.3 is 19.6 Å². The number of hydrogen-bond acceptors (Lipinski definition) is 5. The van der Waals surface area contributed by atoms with Crippen LogP contribution in [0.25, 0.3) is 22.1 Å². The van der Waals surface area contributed by atoms with Gasteiger partial charge in [0.1, 0.15) is 23.8 Å². The molecule has 1 heterocycles. The Morgan fingerprint density at radius 1 is 1.03 bits per heavy atom. The van der Waals surface area contributed by atoms with E-state index in [2.05, 4.69) is 0 Å². The predicted octanol–water partition coefficient (Wildman–Crippen LogP) is 5.52. The summed E-state index contributed by atoms with van der Waals surface area (Å²) in [6.45, 7) is 2.42. The number of ether oxygens (including phenoxy) is 2. The van der Waals surface area contributed by atoms with E-state index < -0.39 is 17.8 Å². The lowest BCUT2D eigenvalue weighted by Crippen LogP contribution is -2.09. The minimum atomic E-state index is -0.693. The standard InChI is InChI=1S/C26H23F2NO4/c1-2-31-25(30)12-19-6-7-21(27)13-23(19)32-15-17-9-20-11-24(28)33-26(20)22(10-17)18-5-3-4-16(8-18)14-29/h3-11,13H,2,12,14-15,29H2,1H3. The summed E-state index contributed by atoms with van der Waals surface area (Å²) in [5, 5.41) is 0.577. The molecule has 0 bridgehead atoms. The van der Waals surface area contributed by atoms with E-state index in [1.807, 2.05) is 30.3 Å². The zero-order valence-electron chi connectivity index (χ0n) is 18.1. The maximum absolute atomic E-state index is 13.9. The van der Waals surface area contributed by atoms with Crippen LogP contribution < -0.4 is 10.5 Å². The van der Waals surface area contributed by atoms with Crippen LogP contribution in [0, 0.1) is 11.8 Å². The Kier molecular flexibility index (Phi) is 6.70. The zero-order chi connectivity index (χ0) is 23.4. The Morgan fingerprint density at radius 3 is 2.67 bits per heavy atom. The molecule has 0 aliphatic carbocycles. The van der Waals surface area contributed by atoms with Crippen molar-refractivity contribution in [3.63, 3.8) is 0 Å². The molecule has 0 saturated carbocycles. The van der Waals surface area contributed by atoms with E-state index in [0.29, 0.717) is 28.6 Å². The van der Waals surface area contributed by atoms with Crippen molar-refractivity contribution in [2.75, 3.05) is 6.61 Å². The number of fused-ring (bicyclic) bond motifs is 1. The molecule has 3 aromatic carbocycles. The van der Waals surface area contributed by atoms with Gasteiger partial charge in [0.15, 0.2) is 0 Å². The first-order valence-corrected chi connectivity index (χ1v) is 10.5. The smallest absolute Gasteiger partial charge is 0.310 e. The molecule has 7 heteroatoms. The Labute approximate surface area is 189 Å². The lowest BCUT2D eigenvalue weighted by Gasteiger charge is -2.13. The third kappa shape index (κ3) is 5.21. The fourth-order valence-electron chi connectivity index (χ4n) is 3.68. The van der Waals surface area contributed by atoms with E-state index in [4.69, 9.17) is 19.6 Å². The highest BCUT2D eigenvalue weighted by molar-refractivity contribution is 5.93. The highest BCUT2D eigenvalue weighted by Gasteiger charge is 2.15. The largest absolute Gasteiger partial charge is 0.488 e. The van der Waals surface area contributed by atoms with Crippen LogP contribution in [0.2, 0.25) is 0 Å². The van der Waals surface area contributed by atoms with E-state index in [1.165, 1.54) is 24.3 Å². The normalized spacial score (nSPS) is 11.0. The summed E-state index contributed by atoms with van der Waals surface area (Å²) in [7, 11) is 0. The summed E-state index contributed by atoms with van der Waals surface area (Å²) < 4.78 is 44.0. The molecule has 0 unspecified atom stereocenters. The molecule has 0 aliphatic rings. The van der Waals surface area contributed by atoms with Gasteiger partial charge >= 0.3 is 5.97 Å². The second-order valence-corrected chi connectivity index (χ2v) is 7.54. The van der Waals surface area contributed by atoms with Crippen LogP contribution in [0.1, 0.15) is 23.6 Å². The molecule has 1 aromatic heterocycles. The molecular weight excluding hydrogens is 428 g/mol. The van der Waals surface area contributed by atoms with Crippen LogP contribution in [0.15, 0.2) is 65.1 Å². The SMILES string of the molecule is CCOC(=O)Cc1ccc(F)cc1OCc1cc(-c2cccc(CN)c2)c2oc(F)cc2c1. The van der Waals surface area contributed by atoms with E-state index in [0.717, 1.165) is 16.7 Å². The van der Waals surface area contributed by atoms with Gasteiger partial charge in [-0.15, -0.1) is 0 Å². The van der Waals surface area contributed by atoms with Crippen LogP contribution in [-0.4, -0.2) is 12.6 Å². The van der Waals surface area contributed by atoms with Gasteiger partial charge in [-0.2, -0.15) is 4.39 Å². The van der Waals surface area contributed by atoms with Gasteiger partial charge in [-0.05, 0) is 47.9 Å². The number of hydrogen-bond donors (Lipinski definition) is 1. The molecule has 0 spiro atoms. The van der Waals surface area contributed by atoms with Crippen molar-refractivity contribution >= 4 is 16.9 Å². The van der Waals surface area contributed by atoms with E-state index >= 15 is 0 Å². The molecule has 170 valence electrons. The van der Waals surface area contributed by atoms with Gasteiger partial charge in [0.25, 0.3) is 6.01 Å². The monoisotopic (exact) mass is 451 g/mol. The molecule has 33 heavy (non-hydrogen) atoms. The van der Waals surface area contributed by atoms with Crippen molar-refractivity contribution in [1.29, 1.82) is 0 Å². The summed E-state index contributed by atoms with van der Waals surface area (Å²) >= 11 is 0. The van der Waals surface area contributed by atoms with Gasteiger partial charge in [-0.3, -0.25) is 4.79 Å². The van der Waals surface area contributed by atoms with Crippen LogP contribution in [0.5, 0.6) is 5.75 Å². The lowest BCUT2D eigenvalue weighted by molar-refractivity contribution is -0.142. The molecule has 0 amide bonds. The molecule has 4 rings (SSSR count). The number of benzene rings is 3. The molecule has 0 saturated heterocycles. The van der Waals surface area contributed by atoms with Crippen molar-refractivity contribution in [1.82, 2.24) is 0 Å². The zero-order valence-corrected chi connectivity index (χ0v) is 18.1. The van der Waals surface area contributed by atoms with Crippen molar-refractivity contribution < 1.29 is 27.5 Å². The van der Waals surface area contributed by atoms with E-state index in [9.17, 15) is 13.6 Å². The number of carbonyl (C=O) groups excluding carboxylic acids is 1. The molecular formula is C26H23F2NO4. The second-order valence-electron chi connectivity index (χ2n) is 7.54. The Bertz CT molecular complexity index is 1300. The van der Waals surface area contributed by atoms with Gasteiger partial charge in [-0.25, -0.2) is 4.39 Å². The minimum Gasteiger partial charge on any atom is -0.488 e. The summed E-state index contributed by atoms with van der Waals surface area (Å²) in [6.07, 6.45) is -0.0352. The van der Waals surface area contributed by atoms with Crippen LogP contribution in [0.3, 0.4) is 0 Å². The fourth-order valence-corrected chi connectivity index (χ4v) is 3.68. The number of carbonyl (C=O) groups is 1. The summed E-state index contributed by atoms with van der Waals surface area (Å²) in [5.41, 5.74) is 9.87. The molecule has 0 fully saturated rings. The number of esters is 1. The first kappa shape index (κ1) is 22.5. The Balaban J connectivity index is 1.66. The second kappa shape index (κ2) is 9.83. The number of rotatable bonds is 8. The van der Waals surface area contributed by atoms with Crippen molar-refractivity contribution in [2.24, 2.45) is 5.73 Å². The maximum atomic E-state index is 13.9. The van der Waals surface area contributed by atoms with Gasteiger partial charge in [0.05, 0.1) is 13.0 Å². The minimum absolute atomic E-state index is 0.0352. The number of halogens is 2. The molecule has 0 radical (unpaired) electrons. The number of furan rings is 1. The third-order valence-electron chi connectivity index (χ3n) is 5.18. The highest BCUT2D eigenvalue weighted by Crippen LogP contribution is 2.33. The van der Waals surface area contributed by atoms with Gasteiger partial charge in [0, 0.05) is 35.2 Å². The Hall–Kier alpha value is -3.71. The van der Waals surface area contributed by atoms with Crippen molar-refractivity contribution in [3.05, 3.63) is 89.2 Å². The lowest BCUT2D eigenvalue weighted by atomic mass is 9.99. The first-order valence-electron chi connectivity index (χ1n) is 10.5. The van der Waals surface area contributed by atoms with Crippen molar-refractivity contribution in [3.8, 4) is 16.9 Å². The molecule has 0 atom stereocenters. The quantitative estimate of drug-likeness (QED) is 0.357. The van der Waals surface area contributed by atoms with Crippen LogP contribution in [0.4, 0.5) is 8.78 Å². The molecule has 2 N–H and O–H groups in total. The summed E-state index contributed by atoms with van der Waals surface area (Å²) in [6, 6.07) is 15.8. The van der Waals surface area contributed by atoms with E-state index in [-0.39, 0.29) is 25.4 Å².